The Kier molecular flexibility index (Phi) is 17.5. The van der Waals surface area contributed by atoms with E-state index in [1.54, 1.807) is 0 Å². The molecule has 1 heterocycles. The molecule has 4 aromatic rings. The zero-order chi connectivity index (χ0) is 29.5. The second kappa shape index (κ2) is 20.7. The molecule has 0 aromatic heterocycles. The predicted octanol–water partition coefficient (Wildman–Crippen LogP) is 2.89. The summed E-state index contributed by atoms with van der Waals surface area (Å²) in [5.74, 6) is 0. The summed E-state index contributed by atoms with van der Waals surface area (Å²) in [5, 5.41) is 0. The first kappa shape index (κ1) is 38.0. The van der Waals surface area contributed by atoms with Gasteiger partial charge in [0.15, 0.2) is 0 Å². The third kappa shape index (κ3) is 13.0. The second-order valence-corrected chi connectivity index (χ2v) is 20.4. The van der Waals surface area contributed by atoms with Crippen LogP contribution < -0.4 is 34.0 Å². The summed E-state index contributed by atoms with van der Waals surface area (Å²) >= 11 is 0. The van der Waals surface area contributed by atoms with Crippen LogP contribution in [-0.2, 0) is 38.9 Å². The third-order valence-electron chi connectivity index (χ3n) is 8.66. The summed E-state index contributed by atoms with van der Waals surface area (Å²) in [6, 6.07) is 44.2. The summed E-state index contributed by atoms with van der Waals surface area (Å²) in [4.78, 5) is 0. The lowest BCUT2D eigenvalue weighted by molar-refractivity contribution is -0.00100. The number of halogens is 2. The lowest BCUT2D eigenvalue weighted by atomic mass is 10.2. The average Bonchev–Trinajstić information content (AvgIpc) is 3.04. The van der Waals surface area contributed by atoms with E-state index in [2.05, 4.69) is 121 Å². The first-order valence-corrected chi connectivity index (χ1v) is 20.9. The standard InChI is InChI=1S/C38H48O3P2.2BrH/c1-5-13-35(14-6-1)31-42(32-36-15-7-2-8-16-36)27-23-39-21-22-40-24-28-43(30-26-41-25-29-42,33-37-17-9-3-10-18-37)34-38-19-11-4-12-20-38;;/h1-20H,21-34H2;2*1H/q+2;;/p-2. The van der Waals surface area contributed by atoms with Crippen LogP contribution in [0.15, 0.2) is 121 Å². The van der Waals surface area contributed by atoms with Crippen LogP contribution in [-0.4, -0.2) is 64.3 Å². The maximum Gasteiger partial charge on any atom is 0.0847 e. The third-order valence-corrected chi connectivity index (χ3v) is 17.3. The van der Waals surface area contributed by atoms with E-state index in [1.807, 2.05) is 0 Å². The fourth-order valence-corrected chi connectivity index (χ4v) is 14.3. The summed E-state index contributed by atoms with van der Waals surface area (Å²) in [6.07, 6.45) is 8.99. The van der Waals surface area contributed by atoms with Gasteiger partial charge in [-0.1, -0.05) is 121 Å². The van der Waals surface area contributed by atoms with E-state index in [1.165, 1.54) is 22.3 Å². The number of hydrogen-bond donors (Lipinski definition) is 0. The monoisotopic (exact) mass is 772 g/mol. The van der Waals surface area contributed by atoms with Crippen molar-refractivity contribution in [3.05, 3.63) is 144 Å². The molecule has 1 saturated heterocycles. The maximum absolute atomic E-state index is 6.65. The van der Waals surface area contributed by atoms with Crippen molar-refractivity contribution in [2.75, 3.05) is 64.3 Å². The molecule has 0 atom stereocenters. The molecule has 242 valence electrons. The summed E-state index contributed by atoms with van der Waals surface area (Å²) in [5.41, 5.74) is 5.74. The molecular formula is C38H48Br2O3P2. The SMILES string of the molecule is [Br-].[Br-].c1ccc(C[P+]2(Cc3ccccc3)CCOCCOCC[P+](Cc3ccccc3)(Cc3ccccc3)CCOCC2)cc1. The van der Waals surface area contributed by atoms with Gasteiger partial charge in [-0.3, -0.25) is 0 Å². The summed E-state index contributed by atoms with van der Waals surface area (Å²) in [6.45, 7) is 4.54. The number of ether oxygens (including phenoxy) is 3. The zero-order valence-electron chi connectivity index (χ0n) is 26.3. The molecule has 5 rings (SSSR count). The first-order valence-electron chi connectivity index (χ1n) is 15.8. The fourth-order valence-electron chi connectivity index (χ4n) is 6.31. The van der Waals surface area contributed by atoms with Crippen molar-refractivity contribution in [1.82, 2.24) is 0 Å². The number of hydrogen-bond acceptors (Lipinski definition) is 3. The Bertz CT molecular complexity index is 1130. The smallest absolute Gasteiger partial charge is 0.0847 e. The second-order valence-electron chi connectivity index (χ2n) is 12.0. The molecule has 0 bridgehead atoms. The fraction of sp³-hybridized carbons (Fsp3) is 0.368. The molecule has 0 unspecified atom stereocenters. The van der Waals surface area contributed by atoms with Gasteiger partial charge in [-0.05, 0) is 22.3 Å². The van der Waals surface area contributed by atoms with Gasteiger partial charge >= 0.3 is 0 Å². The van der Waals surface area contributed by atoms with E-state index in [0.29, 0.717) is 13.2 Å². The van der Waals surface area contributed by atoms with Gasteiger partial charge in [0.1, 0.15) is 0 Å². The highest BCUT2D eigenvalue weighted by Crippen LogP contribution is 2.65. The molecule has 1 aliphatic rings. The van der Waals surface area contributed by atoms with Crippen molar-refractivity contribution >= 4 is 14.5 Å². The van der Waals surface area contributed by atoms with Crippen LogP contribution in [0.25, 0.3) is 0 Å². The Hall–Kier alpha value is -1.42. The Balaban J connectivity index is 0.00000276. The molecule has 1 aliphatic heterocycles. The first-order chi connectivity index (χ1) is 21.2. The molecule has 0 amide bonds. The van der Waals surface area contributed by atoms with Crippen LogP contribution in [0.5, 0.6) is 0 Å². The molecule has 45 heavy (non-hydrogen) atoms. The van der Waals surface area contributed by atoms with Gasteiger partial charge in [-0.2, -0.15) is 0 Å². The summed E-state index contributed by atoms with van der Waals surface area (Å²) < 4.78 is 19.2. The molecule has 4 aromatic carbocycles. The van der Waals surface area contributed by atoms with Gasteiger partial charge < -0.3 is 48.2 Å². The predicted molar refractivity (Wildman–Crippen MR) is 186 cm³/mol. The topological polar surface area (TPSA) is 27.7 Å². The molecule has 0 aliphatic carbocycles. The molecule has 7 heteroatoms. The Morgan fingerprint density at radius 2 is 0.556 bits per heavy atom. The number of benzene rings is 4. The van der Waals surface area contributed by atoms with E-state index in [4.69, 9.17) is 14.2 Å². The van der Waals surface area contributed by atoms with Crippen LogP contribution in [0, 0.1) is 0 Å². The van der Waals surface area contributed by atoms with Gasteiger partial charge in [0, 0.05) is 14.5 Å². The Labute approximate surface area is 293 Å². The normalized spacial score (nSPS) is 17.4. The van der Waals surface area contributed by atoms with E-state index < -0.39 is 14.5 Å². The Morgan fingerprint density at radius 3 is 0.800 bits per heavy atom. The van der Waals surface area contributed by atoms with E-state index in [0.717, 1.165) is 75.7 Å². The van der Waals surface area contributed by atoms with Crippen molar-refractivity contribution in [3.63, 3.8) is 0 Å². The van der Waals surface area contributed by atoms with Gasteiger partial charge in [0.2, 0.25) is 0 Å². The lowest BCUT2D eigenvalue weighted by Crippen LogP contribution is -3.00. The minimum Gasteiger partial charge on any atom is -1.00 e. The van der Waals surface area contributed by atoms with Crippen LogP contribution in [0.1, 0.15) is 22.3 Å². The van der Waals surface area contributed by atoms with Crippen molar-refractivity contribution in [2.24, 2.45) is 0 Å². The largest absolute Gasteiger partial charge is 1.00 e. The van der Waals surface area contributed by atoms with Crippen LogP contribution >= 0.6 is 14.5 Å². The summed E-state index contributed by atoms with van der Waals surface area (Å²) in [7, 11) is -2.89. The molecule has 0 radical (unpaired) electrons. The molecule has 0 saturated carbocycles. The minimum absolute atomic E-state index is 0. The lowest BCUT2D eigenvalue weighted by Gasteiger charge is -2.29. The highest BCUT2D eigenvalue weighted by Gasteiger charge is 2.40. The highest BCUT2D eigenvalue weighted by molar-refractivity contribution is 7.74. The minimum atomic E-state index is -1.45. The van der Waals surface area contributed by atoms with Gasteiger partial charge in [0.25, 0.3) is 0 Å². The molecule has 3 nitrogen and oxygen atoms in total. The highest BCUT2D eigenvalue weighted by atomic mass is 79.9. The van der Waals surface area contributed by atoms with Gasteiger partial charge in [-0.25, -0.2) is 0 Å². The van der Waals surface area contributed by atoms with Gasteiger partial charge in [-0.15, -0.1) is 0 Å². The van der Waals surface area contributed by atoms with Gasteiger partial charge in [0.05, 0.1) is 88.9 Å². The molecule has 0 spiro atoms. The van der Waals surface area contributed by atoms with E-state index in [-0.39, 0.29) is 34.0 Å². The van der Waals surface area contributed by atoms with Crippen LogP contribution in [0.2, 0.25) is 0 Å². The molecular weight excluding hydrogens is 726 g/mol. The molecule has 1 fully saturated rings. The van der Waals surface area contributed by atoms with E-state index >= 15 is 0 Å². The zero-order valence-corrected chi connectivity index (χ0v) is 31.3. The van der Waals surface area contributed by atoms with Crippen molar-refractivity contribution < 1.29 is 48.2 Å². The quantitative estimate of drug-likeness (QED) is 0.258. The van der Waals surface area contributed by atoms with Crippen molar-refractivity contribution in [2.45, 2.75) is 24.6 Å². The average molecular weight is 775 g/mol. The maximum atomic E-state index is 6.65. The number of rotatable bonds is 8. The van der Waals surface area contributed by atoms with Crippen molar-refractivity contribution in [3.8, 4) is 0 Å². The van der Waals surface area contributed by atoms with Crippen LogP contribution in [0.4, 0.5) is 0 Å². The molecule has 0 N–H and O–H groups in total. The van der Waals surface area contributed by atoms with E-state index in [9.17, 15) is 0 Å². The Morgan fingerprint density at radius 1 is 0.333 bits per heavy atom. The van der Waals surface area contributed by atoms with Crippen molar-refractivity contribution in [1.29, 1.82) is 0 Å². The van der Waals surface area contributed by atoms with Crippen LogP contribution in [0.3, 0.4) is 0 Å².